The first-order valence-electron chi connectivity index (χ1n) is 5.47. The van der Waals surface area contributed by atoms with E-state index in [-0.39, 0.29) is 6.10 Å². The van der Waals surface area contributed by atoms with E-state index in [2.05, 4.69) is 22.2 Å². The highest BCUT2D eigenvalue weighted by Gasteiger charge is 2.24. The van der Waals surface area contributed by atoms with Crippen LogP contribution in [0.1, 0.15) is 19.2 Å². The standard InChI is InChI=1S/C11H17N3O2/c1-7-9(4-5-16-7)14-10-6-11(15-3)13-8(2)12-10/h6-7,9H,4-5H2,1-3H3,(H,12,13,14). The van der Waals surface area contributed by atoms with E-state index >= 15 is 0 Å². The summed E-state index contributed by atoms with van der Waals surface area (Å²) in [6.45, 7) is 4.72. The monoisotopic (exact) mass is 223 g/mol. The Kier molecular flexibility index (Phi) is 3.24. The molecule has 2 unspecified atom stereocenters. The molecule has 0 bridgehead atoms. The van der Waals surface area contributed by atoms with E-state index in [9.17, 15) is 0 Å². The SMILES string of the molecule is COc1cc(NC2CCOC2C)nc(C)n1. The summed E-state index contributed by atoms with van der Waals surface area (Å²) >= 11 is 0. The van der Waals surface area contributed by atoms with Gasteiger partial charge in [-0.2, -0.15) is 4.98 Å². The molecule has 1 aliphatic rings. The fourth-order valence-electron chi connectivity index (χ4n) is 1.83. The Bertz CT molecular complexity index is 370. The Labute approximate surface area is 95.2 Å². The summed E-state index contributed by atoms with van der Waals surface area (Å²) in [4.78, 5) is 8.46. The lowest BCUT2D eigenvalue weighted by molar-refractivity contribution is 0.121. The van der Waals surface area contributed by atoms with Gasteiger partial charge in [0, 0.05) is 12.7 Å². The van der Waals surface area contributed by atoms with Crippen LogP contribution >= 0.6 is 0 Å². The van der Waals surface area contributed by atoms with Crippen molar-refractivity contribution in [3.8, 4) is 5.88 Å². The Morgan fingerprint density at radius 1 is 1.50 bits per heavy atom. The molecule has 1 aromatic heterocycles. The highest BCUT2D eigenvalue weighted by molar-refractivity contribution is 5.39. The predicted octanol–water partition coefficient (Wildman–Crippen LogP) is 1.38. The van der Waals surface area contributed by atoms with Gasteiger partial charge < -0.3 is 14.8 Å². The molecule has 5 heteroatoms. The van der Waals surface area contributed by atoms with E-state index in [4.69, 9.17) is 9.47 Å². The molecule has 2 rings (SSSR count). The minimum absolute atomic E-state index is 0.223. The molecule has 1 fully saturated rings. The first-order valence-corrected chi connectivity index (χ1v) is 5.47. The minimum Gasteiger partial charge on any atom is -0.481 e. The van der Waals surface area contributed by atoms with Gasteiger partial charge in [0.25, 0.3) is 0 Å². The second kappa shape index (κ2) is 4.65. The average Bonchev–Trinajstić information content (AvgIpc) is 2.63. The molecule has 0 amide bonds. The molecular weight excluding hydrogens is 206 g/mol. The van der Waals surface area contributed by atoms with Crippen molar-refractivity contribution in [2.24, 2.45) is 0 Å². The van der Waals surface area contributed by atoms with Crippen LogP contribution in [-0.2, 0) is 4.74 Å². The summed E-state index contributed by atoms with van der Waals surface area (Å²) in [6, 6.07) is 2.12. The van der Waals surface area contributed by atoms with Gasteiger partial charge in [0.15, 0.2) is 0 Å². The number of methoxy groups -OCH3 is 1. The van der Waals surface area contributed by atoms with E-state index in [1.165, 1.54) is 0 Å². The van der Waals surface area contributed by atoms with Crippen molar-refractivity contribution in [1.29, 1.82) is 0 Å². The first kappa shape index (κ1) is 11.1. The van der Waals surface area contributed by atoms with Gasteiger partial charge in [0.1, 0.15) is 11.6 Å². The Balaban J connectivity index is 2.11. The number of anilines is 1. The van der Waals surface area contributed by atoms with Crippen LogP contribution in [-0.4, -0.2) is 35.8 Å². The van der Waals surface area contributed by atoms with E-state index in [1.54, 1.807) is 13.2 Å². The number of hydrogen-bond donors (Lipinski definition) is 1. The molecule has 2 heterocycles. The maximum Gasteiger partial charge on any atom is 0.218 e. The van der Waals surface area contributed by atoms with Crippen molar-refractivity contribution in [3.05, 3.63) is 11.9 Å². The Hall–Kier alpha value is -1.36. The van der Waals surface area contributed by atoms with Crippen LogP contribution in [0.2, 0.25) is 0 Å². The number of aryl methyl sites for hydroxylation is 1. The number of nitrogens with zero attached hydrogens (tertiary/aromatic N) is 2. The van der Waals surface area contributed by atoms with Crippen LogP contribution in [0.25, 0.3) is 0 Å². The number of aromatic nitrogens is 2. The number of nitrogens with one attached hydrogen (secondary N) is 1. The second-order valence-electron chi connectivity index (χ2n) is 3.96. The summed E-state index contributed by atoms with van der Waals surface area (Å²) in [7, 11) is 1.60. The third-order valence-electron chi connectivity index (χ3n) is 2.73. The van der Waals surface area contributed by atoms with Crippen LogP contribution in [0.4, 0.5) is 5.82 Å². The molecular formula is C11H17N3O2. The molecule has 0 spiro atoms. The van der Waals surface area contributed by atoms with Gasteiger partial charge in [-0.05, 0) is 20.3 Å². The molecule has 0 saturated carbocycles. The van der Waals surface area contributed by atoms with Crippen LogP contribution in [0, 0.1) is 6.92 Å². The zero-order chi connectivity index (χ0) is 11.5. The normalized spacial score (nSPS) is 24.4. The summed E-state index contributed by atoms with van der Waals surface area (Å²) < 4.78 is 10.6. The average molecular weight is 223 g/mol. The number of rotatable bonds is 3. The third kappa shape index (κ3) is 2.41. The molecule has 1 N–H and O–H groups in total. The largest absolute Gasteiger partial charge is 0.481 e. The van der Waals surface area contributed by atoms with Crippen molar-refractivity contribution < 1.29 is 9.47 Å². The van der Waals surface area contributed by atoms with E-state index in [0.717, 1.165) is 18.8 Å². The van der Waals surface area contributed by atoms with Crippen molar-refractivity contribution in [2.75, 3.05) is 19.0 Å². The molecule has 88 valence electrons. The molecule has 16 heavy (non-hydrogen) atoms. The highest BCUT2D eigenvalue weighted by Crippen LogP contribution is 2.19. The lowest BCUT2D eigenvalue weighted by Gasteiger charge is -2.17. The summed E-state index contributed by atoms with van der Waals surface area (Å²) in [5.41, 5.74) is 0. The van der Waals surface area contributed by atoms with Crippen LogP contribution in [0.15, 0.2) is 6.07 Å². The summed E-state index contributed by atoms with van der Waals surface area (Å²) in [5, 5.41) is 3.35. The van der Waals surface area contributed by atoms with Crippen molar-refractivity contribution >= 4 is 5.82 Å². The predicted molar refractivity (Wildman–Crippen MR) is 60.8 cm³/mol. The first-order chi connectivity index (χ1) is 7.69. The van der Waals surface area contributed by atoms with Gasteiger partial charge in [0.2, 0.25) is 5.88 Å². The van der Waals surface area contributed by atoms with Gasteiger partial charge in [-0.3, -0.25) is 0 Å². The van der Waals surface area contributed by atoms with Gasteiger partial charge >= 0.3 is 0 Å². The maximum atomic E-state index is 5.49. The maximum absolute atomic E-state index is 5.49. The van der Waals surface area contributed by atoms with Gasteiger partial charge in [0.05, 0.1) is 19.3 Å². The highest BCUT2D eigenvalue weighted by atomic mass is 16.5. The molecule has 0 radical (unpaired) electrons. The fourth-order valence-corrected chi connectivity index (χ4v) is 1.83. The number of ether oxygens (including phenoxy) is 2. The molecule has 2 atom stereocenters. The molecule has 1 aromatic rings. The van der Waals surface area contributed by atoms with Crippen LogP contribution in [0.3, 0.4) is 0 Å². The molecule has 0 aliphatic carbocycles. The quantitative estimate of drug-likeness (QED) is 0.839. The Morgan fingerprint density at radius 3 is 2.94 bits per heavy atom. The smallest absolute Gasteiger partial charge is 0.218 e. The summed E-state index contributed by atoms with van der Waals surface area (Å²) in [6.07, 6.45) is 1.23. The van der Waals surface area contributed by atoms with Crippen molar-refractivity contribution in [2.45, 2.75) is 32.4 Å². The van der Waals surface area contributed by atoms with Crippen LogP contribution < -0.4 is 10.1 Å². The van der Waals surface area contributed by atoms with Crippen molar-refractivity contribution in [3.63, 3.8) is 0 Å². The minimum atomic E-state index is 0.223. The zero-order valence-corrected chi connectivity index (χ0v) is 9.86. The van der Waals surface area contributed by atoms with E-state index in [0.29, 0.717) is 17.7 Å². The van der Waals surface area contributed by atoms with Gasteiger partial charge in [-0.15, -0.1) is 0 Å². The van der Waals surface area contributed by atoms with E-state index < -0.39 is 0 Å². The van der Waals surface area contributed by atoms with Crippen LogP contribution in [0.5, 0.6) is 5.88 Å². The molecule has 1 saturated heterocycles. The molecule has 0 aromatic carbocycles. The Morgan fingerprint density at radius 2 is 2.31 bits per heavy atom. The number of hydrogen-bond acceptors (Lipinski definition) is 5. The fraction of sp³-hybridized carbons (Fsp3) is 0.636. The lowest BCUT2D eigenvalue weighted by atomic mass is 10.1. The third-order valence-corrected chi connectivity index (χ3v) is 2.73. The second-order valence-corrected chi connectivity index (χ2v) is 3.96. The molecule has 1 aliphatic heterocycles. The van der Waals surface area contributed by atoms with Gasteiger partial charge in [-0.25, -0.2) is 4.98 Å². The zero-order valence-electron chi connectivity index (χ0n) is 9.86. The summed E-state index contributed by atoms with van der Waals surface area (Å²) in [5.74, 6) is 2.08. The molecule has 5 nitrogen and oxygen atoms in total. The lowest BCUT2D eigenvalue weighted by Crippen LogP contribution is -2.27. The van der Waals surface area contributed by atoms with Gasteiger partial charge in [-0.1, -0.05) is 0 Å². The topological polar surface area (TPSA) is 56.3 Å². The van der Waals surface area contributed by atoms with E-state index in [1.807, 2.05) is 6.92 Å². The van der Waals surface area contributed by atoms with Crippen molar-refractivity contribution in [1.82, 2.24) is 9.97 Å².